The predicted octanol–water partition coefficient (Wildman–Crippen LogP) is 2.50. The summed E-state index contributed by atoms with van der Waals surface area (Å²) in [6.07, 6.45) is 3.16. The molecule has 0 bridgehead atoms. The van der Waals surface area contributed by atoms with E-state index >= 15 is 0 Å². The number of rotatable bonds is 8. The van der Waals surface area contributed by atoms with Gasteiger partial charge in [-0.05, 0) is 29.8 Å². The fraction of sp³-hybridized carbons (Fsp3) is 0.350. The molecule has 0 spiro atoms. The van der Waals surface area contributed by atoms with Crippen LogP contribution in [0.4, 0.5) is 0 Å². The van der Waals surface area contributed by atoms with Crippen LogP contribution < -0.4 is 14.8 Å². The van der Waals surface area contributed by atoms with Gasteiger partial charge < -0.3 is 19.7 Å². The summed E-state index contributed by atoms with van der Waals surface area (Å²) in [4.78, 5) is 30.3. The first-order chi connectivity index (χ1) is 13.7. The Balaban J connectivity index is 0.00000300. The van der Waals surface area contributed by atoms with Crippen molar-refractivity contribution >= 4 is 36.0 Å². The molecule has 3 rings (SSSR count). The third-order valence-corrected chi connectivity index (χ3v) is 5.51. The van der Waals surface area contributed by atoms with Crippen molar-refractivity contribution in [2.75, 3.05) is 26.0 Å². The van der Waals surface area contributed by atoms with E-state index in [4.69, 9.17) is 9.47 Å². The average molecular weight is 438 g/mol. The molecule has 2 aromatic rings. The summed E-state index contributed by atoms with van der Waals surface area (Å²) in [6, 6.07) is 11.0. The van der Waals surface area contributed by atoms with Crippen molar-refractivity contribution in [3.05, 3.63) is 54.4 Å². The van der Waals surface area contributed by atoms with Gasteiger partial charge in [-0.2, -0.15) is 0 Å². The lowest BCUT2D eigenvalue weighted by Gasteiger charge is -2.24. The van der Waals surface area contributed by atoms with Gasteiger partial charge in [0, 0.05) is 31.2 Å². The van der Waals surface area contributed by atoms with Crippen molar-refractivity contribution in [1.29, 1.82) is 0 Å². The Morgan fingerprint density at radius 1 is 1.21 bits per heavy atom. The second kappa shape index (κ2) is 11.5. The summed E-state index contributed by atoms with van der Waals surface area (Å²) in [5.74, 6) is 1.64. The fourth-order valence-electron chi connectivity index (χ4n) is 2.85. The Labute approximate surface area is 180 Å². The topological polar surface area (TPSA) is 80.8 Å². The maximum Gasteiger partial charge on any atom is 0.233 e. The number of para-hydroxylation sites is 2. The maximum atomic E-state index is 12.6. The van der Waals surface area contributed by atoms with Gasteiger partial charge in [0.1, 0.15) is 18.4 Å². The van der Waals surface area contributed by atoms with E-state index in [0.717, 1.165) is 11.3 Å². The highest BCUT2D eigenvalue weighted by molar-refractivity contribution is 8.00. The van der Waals surface area contributed by atoms with E-state index in [1.807, 2.05) is 36.4 Å². The van der Waals surface area contributed by atoms with Crippen LogP contribution >= 0.6 is 24.2 Å². The molecule has 0 radical (unpaired) electrons. The summed E-state index contributed by atoms with van der Waals surface area (Å²) in [6.45, 7) is 1.33. The number of nitrogens with zero attached hydrogens (tertiary/aromatic N) is 2. The largest absolute Gasteiger partial charge is 0.493 e. The molecule has 1 N–H and O–H groups in total. The summed E-state index contributed by atoms with van der Waals surface area (Å²) in [7, 11) is 1.59. The monoisotopic (exact) mass is 437 g/mol. The number of nitrogens with one attached hydrogen (secondary N) is 1. The molecule has 29 heavy (non-hydrogen) atoms. The minimum absolute atomic E-state index is 0. The molecule has 1 fully saturated rings. The van der Waals surface area contributed by atoms with E-state index in [1.54, 1.807) is 36.2 Å². The molecule has 1 aromatic carbocycles. The number of carbonyl (C=O) groups is 2. The van der Waals surface area contributed by atoms with Gasteiger partial charge in [-0.1, -0.05) is 12.1 Å². The molecular formula is C20H24ClN3O4S. The molecule has 1 unspecified atom stereocenters. The Bertz CT molecular complexity index is 809. The number of aromatic nitrogens is 1. The van der Waals surface area contributed by atoms with Gasteiger partial charge in [-0.15, -0.1) is 24.2 Å². The smallest absolute Gasteiger partial charge is 0.233 e. The zero-order chi connectivity index (χ0) is 19.8. The van der Waals surface area contributed by atoms with Crippen LogP contribution in [-0.4, -0.2) is 53.1 Å². The second-order valence-electron chi connectivity index (χ2n) is 6.18. The molecule has 2 heterocycles. The molecule has 1 saturated heterocycles. The lowest BCUT2D eigenvalue weighted by atomic mass is 10.2. The average Bonchev–Trinajstić information content (AvgIpc) is 3.20. The van der Waals surface area contributed by atoms with Crippen LogP contribution in [0.1, 0.15) is 12.0 Å². The lowest BCUT2D eigenvalue weighted by molar-refractivity contribution is -0.136. The molecule has 0 aliphatic carbocycles. The number of hydrogen-bond acceptors (Lipinski definition) is 6. The minimum atomic E-state index is -0.289. The Morgan fingerprint density at radius 3 is 2.66 bits per heavy atom. The van der Waals surface area contributed by atoms with Gasteiger partial charge in [0.05, 0.1) is 7.11 Å². The number of hydrogen-bond donors (Lipinski definition) is 1. The number of amides is 2. The highest BCUT2D eigenvalue weighted by atomic mass is 35.5. The standard InChI is InChI=1S/C20H23N3O4S.ClH/c1-26-16-4-2-3-5-17(16)27-14-20-23(10-11-28-20)19(25)12-18(24)22-13-15-6-8-21-9-7-15;/h2-9,20H,10-14H2,1H3,(H,22,24);1H. The first kappa shape index (κ1) is 22.8. The summed E-state index contributed by atoms with van der Waals surface area (Å²) < 4.78 is 11.1. The number of ether oxygens (including phenoxy) is 2. The van der Waals surface area contributed by atoms with Crippen LogP contribution in [0, 0.1) is 0 Å². The van der Waals surface area contributed by atoms with Crippen LogP contribution in [0.5, 0.6) is 11.5 Å². The number of pyridine rings is 1. The van der Waals surface area contributed by atoms with E-state index < -0.39 is 0 Å². The van der Waals surface area contributed by atoms with E-state index in [0.29, 0.717) is 31.2 Å². The van der Waals surface area contributed by atoms with E-state index in [1.165, 1.54) is 0 Å². The van der Waals surface area contributed by atoms with Gasteiger partial charge in [0.2, 0.25) is 11.8 Å². The van der Waals surface area contributed by atoms with Crippen molar-refractivity contribution in [1.82, 2.24) is 15.2 Å². The molecule has 156 valence electrons. The minimum Gasteiger partial charge on any atom is -0.493 e. The summed E-state index contributed by atoms with van der Waals surface area (Å²) in [5, 5.41) is 2.65. The van der Waals surface area contributed by atoms with E-state index in [-0.39, 0.29) is 36.0 Å². The number of methoxy groups -OCH3 is 1. The van der Waals surface area contributed by atoms with Crippen molar-refractivity contribution in [2.45, 2.75) is 18.3 Å². The maximum absolute atomic E-state index is 12.6. The third kappa shape index (κ3) is 6.54. The molecule has 9 heteroatoms. The SMILES string of the molecule is COc1ccccc1OCC1SCCN1C(=O)CC(=O)NCc1ccncc1.Cl. The molecule has 1 aliphatic rings. The van der Waals surface area contributed by atoms with Crippen molar-refractivity contribution in [2.24, 2.45) is 0 Å². The number of thioether (sulfide) groups is 1. The Kier molecular flexibility index (Phi) is 9.08. The van der Waals surface area contributed by atoms with Crippen LogP contribution in [-0.2, 0) is 16.1 Å². The third-order valence-electron chi connectivity index (χ3n) is 4.31. The molecular weight excluding hydrogens is 414 g/mol. The molecule has 1 aliphatic heterocycles. The Morgan fingerprint density at radius 2 is 1.93 bits per heavy atom. The number of halogens is 1. The fourth-order valence-corrected chi connectivity index (χ4v) is 3.99. The van der Waals surface area contributed by atoms with E-state index in [2.05, 4.69) is 10.3 Å². The number of carbonyl (C=O) groups excluding carboxylic acids is 2. The lowest BCUT2D eigenvalue weighted by Crippen LogP contribution is -2.40. The van der Waals surface area contributed by atoms with Crippen molar-refractivity contribution < 1.29 is 19.1 Å². The number of benzene rings is 1. The van der Waals surface area contributed by atoms with Gasteiger partial charge in [0.25, 0.3) is 0 Å². The van der Waals surface area contributed by atoms with Crippen LogP contribution in [0.3, 0.4) is 0 Å². The van der Waals surface area contributed by atoms with Crippen LogP contribution in [0.25, 0.3) is 0 Å². The Hall–Kier alpha value is -2.45. The van der Waals surface area contributed by atoms with Crippen LogP contribution in [0.15, 0.2) is 48.8 Å². The van der Waals surface area contributed by atoms with Gasteiger partial charge >= 0.3 is 0 Å². The van der Waals surface area contributed by atoms with Gasteiger partial charge in [-0.25, -0.2) is 0 Å². The first-order valence-electron chi connectivity index (χ1n) is 9.00. The molecule has 2 amide bonds. The zero-order valence-corrected chi connectivity index (χ0v) is 17.7. The normalized spacial score (nSPS) is 15.3. The molecule has 1 atom stereocenters. The highest BCUT2D eigenvalue weighted by Crippen LogP contribution is 2.29. The second-order valence-corrected chi connectivity index (χ2v) is 7.47. The first-order valence-corrected chi connectivity index (χ1v) is 10.0. The molecule has 7 nitrogen and oxygen atoms in total. The van der Waals surface area contributed by atoms with Crippen molar-refractivity contribution in [3.8, 4) is 11.5 Å². The summed E-state index contributed by atoms with van der Waals surface area (Å²) in [5.41, 5.74) is 0.940. The quantitative estimate of drug-likeness (QED) is 0.639. The van der Waals surface area contributed by atoms with Gasteiger partial charge in [0.15, 0.2) is 11.5 Å². The zero-order valence-electron chi connectivity index (χ0n) is 16.1. The molecule has 1 aromatic heterocycles. The van der Waals surface area contributed by atoms with Crippen molar-refractivity contribution in [3.63, 3.8) is 0 Å². The van der Waals surface area contributed by atoms with Crippen LogP contribution in [0.2, 0.25) is 0 Å². The van der Waals surface area contributed by atoms with E-state index in [9.17, 15) is 9.59 Å². The molecule has 0 saturated carbocycles. The predicted molar refractivity (Wildman–Crippen MR) is 114 cm³/mol. The van der Waals surface area contributed by atoms with Gasteiger partial charge in [-0.3, -0.25) is 14.6 Å². The summed E-state index contributed by atoms with van der Waals surface area (Å²) >= 11 is 1.65. The highest BCUT2D eigenvalue weighted by Gasteiger charge is 2.31.